The Balaban J connectivity index is 1.52. The number of fused-ring (bicyclic) bond motifs is 2. The number of hydrogen-bond donors (Lipinski definition) is 0. The monoisotopic (exact) mass is 710 g/mol. The summed E-state index contributed by atoms with van der Waals surface area (Å²) < 4.78 is 46.1. The van der Waals surface area contributed by atoms with Crippen LogP contribution in [0.4, 0.5) is 0 Å². The Hall–Kier alpha value is -6.04. The van der Waals surface area contributed by atoms with Crippen LogP contribution >= 0.6 is 0 Å². The zero-order chi connectivity index (χ0) is 37.1. The molecule has 0 bridgehead atoms. The normalized spacial score (nSPS) is 17.2. The predicted molar refractivity (Wildman–Crippen MR) is 186 cm³/mol. The molecule has 2 heterocycles. The summed E-state index contributed by atoms with van der Waals surface area (Å²) in [5, 5.41) is 0. The molecule has 0 N–H and O–H groups in total. The van der Waals surface area contributed by atoms with Gasteiger partial charge in [0.15, 0.2) is 0 Å². The van der Waals surface area contributed by atoms with Gasteiger partial charge in [-0.2, -0.15) is 0 Å². The molecule has 2 aliphatic rings. The lowest BCUT2D eigenvalue weighted by Gasteiger charge is -2.36. The van der Waals surface area contributed by atoms with E-state index in [-0.39, 0.29) is 19.1 Å². The second kappa shape index (κ2) is 15.1. The largest absolute Gasteiger partial charge is 0.497 e. The van der Waals surface area contributed by atoms with Gasteiger partial charge in [0, 0.05) is 92.0 Å². The third kappa shape index (κ3) is 7.65. The first-order valence-electron chi connectivity index (χ1n) is 16.6. The number of rotatable bonds is 9. The molecular weight excluding hydrogens is 672 g/mol. The van der Waals surface area contributed by atoms with Gasteiger partial charge in [-0.05, 0) is 36.2 Å². The number of carbonyl (C=O) groups excluding carboxylic acids is 4. The molecular formula is C40H38O12. The van der Waals surface area contributed by atoms with E-state index < -0.39 is 35.7 Å². The first-order chi connectivity index (χ1) is 24.9. The Labute approximate surface area is 300 Å². The smallest absolute Gasteiger partial charge is 0.308 e. The molecule has 6 rings (SSSR count). The molecule has 0 aromatic heterocycles. The summed E-state index contributed by atoms with van der Waals surface area (Å²) in [6, 6.07) is 19.4. The van der Waals surface area contributed by atoms with Gasteiger partial charge < -0.3 is 37.9 Å². The molecule has 0 unspecified atom stereocenters. The zero-order valence-electron chi connectivity index (χ0n) is 29.6. The molecule has 0 amide bonds. The van der Waals surface area contributed by atoms with Crippen LogP contribution in [-0.4, -0.2) is 51.3 Å². The van der Waals surface area contributed by atoms with E-state index in [2.05, 4.69) is 0 Å². The summed E-state index contributed by atoms with van der Waals surface area (Å²) >= 11 is 0. The molecule has 0 radical (unpaired) electrons. The van der Waals surface area contributed by atoms with Crippen molar-refractivity contribution in [3.63, 3.8) is 0 Å². The van der Waals surface area contributed by atoms with Crippen LogP contribution in [0.3, 0.4) is 0 Å². The second-order valence-electron chi connectivity index (χ2n) is 12.5. The van der Waals surface area contributed by atoms with Gasteiger partial charge in [0.25, 0.3) is 0 Å². The maximum absolute atomic E-state index is 12.4. The minimum absolute atomic E-state index is 0.149. The van der Waals surface area contributed by atoms with E-state index in [1.165, 1.54) is 41.9 Å². The molecule has 4 aromatic carbocycles. The summed E-state index contributed by atoms with van der Waals surface area (Å²) in [4.78, 5) is 48.0. The van der Waals surface area contributed by atoms with Crippen molar-refractivity contribution in [2.24, 2.45) is 0 Å². The van der Waals surface area contributed by atoms with E-state index in [1.807, 2.05) is 24.3 Å². The van der Waals surface area contributed by atoms with Crippen LogP contribution in [0.2, 0.25) is 0 Å². The minimum Gasteiger partial charge on any atom is -0.497 e. The average Bonchev–Trinajstić information content (AvgIpc) is 3.09. The van der Waals surface area contributed by atoms with E-state index in [0.717, 1.165) is 16.7 Å². The molecule has 12 heteroatoms. The summed E-state index contributed by atoms with van der Waals surface area (Å²) in [6.07, 6.45) is 0.532. The SMILES string of the molecule is COc1ccc([C@@H]2COc3cc(OC(C)=O)ccc3[C@H]2c2cc([C@@H]3COc4cc(OC(C)=O)ccc4C3)c(OC(C)=O)cc2OC)c(OC(C)=O)c1. The van der Waals surface area contributed by atoms with Crippen molar-refractivity contribution in [2.45, 2.75) is 51.9 Å². The Morgan fingerprint density at radius 1 is 0.538 bits per heavy atom. The molecule has 12 nitrogen and oxygen atoms in total. The summed E-state index contributed by atoms with van der Waals surface area (Å²) in [6.45, 7) is 5.71. The van der Waals surface area contributed by atoms with E-state index in [9.17, 15) is 19.2 Å². The number of ether oxygens (including phenoxy) is 8. The Kier molecular flexibility index (Phi) is 10.4. The van der Waals surface area contributed by atoms with Crippen molar-refractivity contribution in [3.05, 3.63) is 94.5 Å². The number of hydrogen-bond acceptors (Lipinski definition) is 12. The van der Waals surface area contributed by atoms with Crippen LogP contribution in [0.25, 0.3) is 0 Å². The molecule has 52 heavy (non-hydrogen) atoms. The highest BCUT2D eigenvalue weighted by molar-refractivity contribution is 5.73. The molecule has 0 aliphatic carbocycles. The molecule has 270 valence electrons. The minimum atomic E-state index is -0.504. The quantitative estimate of drug-likeness (QED) is 0.140. The molecule has 0 spiro atoms. The highest BCUT2D eigenvalue weighted by Crippen LogP contribution is 2.53. The maximum Gasteiger partial charge on any atom is 0.308 e. The molecule has 0 fully saturated rings. The third-order valence-corrected chi connectivity index (χ3v) is 8.87. The lowest BCUT2D eigenvalue weighted by molar-refractivity contribution is -0.132. The van der Waals surface area contributed by atoms with Gasteiger partial charge >= 0.3 is 23.9 Å². The Bertz CT molecular complexity index is 2050. The predicted octanol–water partition coefficient (Wildman–Crippen LogP) is 6.43. The van der Waals surface area contributed by atoms with Gasteiger partial charge in [0.1, 0.15) is 46.0 Å². The Morgan fingerprint density at radius 3 is 1.75 bits per heavy atom. The lowest BCUT2D eigenvalue weighted by Crippen LogP contribution is -2.27. The van der Waals surface area contributed by atoms with Gasteiger partial charge in [0.2, 0.25) is 0 Å². The fraction of sp³-hybridized carbons (Fsp3) is 0.300. The van der Waals surface area contributed by atoms with Crippen LogP contribution in [0.1, 0.15) is 73.3 Å². The average molecular weight is 711 g/mol. The van der Waals surface area contributed by atoms with Crippen molar-refractivity contribution in [2.75, 3.05) is 27.4 Å². The maximum atomic E-state index is 12.4. The van der Waals surface area contributed by atoms with Crippen molar-refractivity contribution >= 4 is 23.9 Å². The third-order valence-electron chi connectivity index (χ3n) is 8.87. The van der Waals surface area contributed by atoms with Crippen LogP contribution in [0.15, 0.2) is 66.7 Å². The van der Waals surface area contributed by atoms with Gasteiger partial charge in [-0.3, -0.25) is 19.2 Å². The van der Waals surface area contributed by atoms with Crippen molar-refractivity contribution in [1.29, 1.82) is 0 Å². The van der Waals surface area contributed by atoms with E-state index in [0.29, 0.717) is 63.5 Å². The number of carbonyl (C=O) groups is 4. The summed E-state index contributed by atoms with van der Waals surface area (Å²) in [7, 11) is 3.06. The van der Waals surface area contributed by atoms with E-state index in [4.69, 9.17) is 37.9 Å². The van der Waals surface area contributed by atoms with E-state index >= 15 is 0 Å². The van der Waals surface area contributed by atoms with Gasteiger partial charge in [-0.15, -0.1) is 0 Å². The van der Waals surface area contributed by atoms with Crippen LogP contribution in [0, 0.1) is 0 Å². The van der Waals surface area contributed by atoms with Crippen LogP contribution in [0.5, 0.6) is 46.0 Å². The van der Waals surface area contributed by atoms with Crippen molar-refractivity contribution in [1.82, 2.24) is 0 Å². The molecule has 3 atom stereocenters. The Morgan fingerprint density at radius 2 is 1.12 bits per heavy atom. The van der Waals surface area contributed by atoms with Crippen LogP contribution < -0.4 is 37.9 Å². The molecule has 0 saturated carbocycles. The highest BCUT2D eigenvalue weighted by Gasteiger charge is 2.39. The van der Waals surface area contributed by atoms with Gasteiger partial charge in [-0.25, -0.2) is 0 Å². The van der Waals surface area contributed by atoms with E-state index in [1.54, 1.807) is 42.5 Å². The number of methoxy groups -OCH3 is 2. The molecule has 4 aromatic rings. The first kappa shape index (κ1) is 35.8. The molecule has 0 saturated heterocycles. The lowest BCUT2D eigenvalue weighted by atomic mass is 9.74. The van der Waals surface area contributed by atoms with Crippen molar-refractivity contribution in [3.8, 4) is 46.0 Å². The zero-order valence-corrected chi connectivity index (χ0v) is 29.6. The number of esters is 4. The fourth-order valence-electron chi connectivity index (χ4n) is 6.82. The molecule has 2 aliphatic heterocycles. The summed E-state index contributed by atoms with van der Waals surface area (Å²) in [5.74, 6) is 0.291. The second-order valence-corrected chi connectivity index (χ2v) is 12.5. The van der Waals surface area contributed by atoms with Crippen molar-refractivity contribution < 1.29 is 57.1 Å². The highest BCUT2D eigenvalue weighted by atomic mass is 16.6. The first-order valence-corrected chi connectivity index (χ1v) is 16.6. The van der Waals surface area contributed by atoms with Crippen LogP contribution in [-0.2, 0) is 25.6 Å². The summed E-state index contributed by atoms with van der Waals surface area (Å²) in [5.41, 5.74) is 3.77. The standard InChI is InChI=1S/C40H38O12/c1-21(41)49-28-8-7-25-13-26(19-47-35(25)15-28)32-17-33(36(46-6)18-39(32)52-24(4)44)40-31-12-10-29(50-22(2)42)16-37(31)48-20-34(40)30-11-9-27(45-5)14-38(30)51-23(3)43/h7-12,14-18,26,34,40H,13,19-20H2,1-6H3/t26-,34-,40-/m0/s1. The topological polar surface area (TPSA) is 142 Å². The number of benzene rings is 4. The van der Waals surface area contributed by atoms with Gasteiger partial charge in [-0.1, -0.05) is 18.2 Å². The van der Waals surface area contributed by atoms with Gasteiger partial charge in [0.05, 0.1) is 27.4 Å². The fourth-order valence-corrected chi connectivity index (χ4v) is 6.82.